The number of carbonyl (C=O) groups excluding carboxylic acids is 1. The summed E-state index contributed by atoms with van der Waals surface area (Å²) < 4.78 is 30.5. The van der Waals surface area contributed by atoms with Crippen LogP contribution in [0.25, 0.3) is 0 Å². The third-order valence-electron chi connectivity index (χ3n) is 2.80. The summed E-state index contributed by atoms with van der Waals surface area (Å²) in [6.45, 7) is 1.02. The van der Waals surface area contributed by atoms with E-state index in [1.807, 2.05) is 0 Å². The topological polar surface area (TPSA) is 69.0 Å². The quantitative estimate of drug-likeness (QED) is 0.916. The minimum atomic E-state index is -2.58. The van der Waals surface area contributed by atoms with Crippen molar-refractivity contribution in [1.29, 1.82) is 0 Å². The van der Waals surface area contributed by atoms with E-state index in [1.54, 1.807) is 30.8 Å². The first-order valence-electron chi connectivity index (χ1n) is 6.15. The zero-order chi connectivity index (χ0) is 15.4. The third-order valence-corrected chi connectivity index (χ3v) is 2.80. The number of halogens is 2. The number of rotatable bonds is 5. The molecule has 0 bridgehead atoms. The molecule has 0 aliphatic carbocycles. The summed E-state index contributed by atoms with van der Waals surface area (Å²) in [5, 5.41) is 6.54. The fourth-order valence-corrected chi connectivity index (χ4v) is 1.62. The second kappa shape index (κ2) is 6.29. The second-order valence-electron chi connectivity index (χ2n) is 4.28. The molecule has 0 aromatic carbocycles. The Morgan fingerprint density at radius 2 is 2.24 bits per heavy atom. The highest BCUT2D eigenvalue weighted by atomic mass is 19.3. The number of hydrogen-bond acceptors (Lipinski definition) is 4. The lowest BCUT2D eigenvalue weighted by Crippen LogP contribution is -2.14. The maximum absolute atomic E-state index is 12.1. The molecule has 0 radical (unpaired) electrons. The van der Waals surface area contributed by atoms with E-state index in [0.29, 0.717) is 11.3 Å². The molecule has 1 amide bonds. The molecule has 0 fully saturated rings. The van der Waals surface area contributed by atoms with E-state index >= 15 is 0 Å². The van der Waals surface area contributed by atoms with Gasteiger partial charge in [0.2, 0.25) is 5.88 Å². The highest BCUT2D eigenvalue weighted by molar-refractivity contribution is 6.04. The standard InChI is InChI=1S/C13H14F2N4O2/c1-8-9(6-16-19(8)2)13(20)18-11-4-3-5-12(17-11)21-7-10(14)15/h3-6,10H,7H2,1-2H3,(H,17,18,20). The average molecular weight is 296 g/mol. The van der Waals surface area contributed by atoms with E-state index < -0.39 is 13.0 Å². The summed E-state index contributed by atoms with van der Waals surface area (Å²) in [4.78, 5) is 16.0. The molecular weight excluding hydrogens is 282 g/mol. The van der Waals surface area contributed by atoms with Crippen LogP contribution in [0.5, 0.6) is 5.88 Å². The van der Waals surface area contributed by atoms with Crippen LogP contribution >= 0.6 is 0 Å². The molecule has 0 atom stereocenters. The third kappa shape index (κ3) is 3.74. The SMILES string of the molecule is Cc1c(C(=O)Nc2cccc(OCC(F)F)n2)cnn1C. The number of aryl methyl sites for hydroxylation is 1. The van der Waals surface area contributed by atoms with Crippen LogP contribution in [0.1, 0.15) is 16.1 Å². The minimum absolute atomic E-state index is 0.0241. The molecule has 0 saturated heterocycles. The normalized spacial score (nSPS) is 10.7. The van der Waals surface area contributed by atoms with Crippen LogP contribution in [0, 0.1) is 6.92 Å². The molecule has 8 heteroatoms. The van der Waals surface area contributed by atoms with Crippen LogP contribution < -0.4 is 10.1 Å². The van der Waals surface area contributed by atoms with Gasteiger partial charge >= 0.3 is 0 Å². The van der Waals surface area contributed by atoms with Crippen molar-refractivity contribution >= 4 is 11.7 Å². The maximum Gasteiger partial charge on any atom is 0.272 e. The Labute approximate surface area is 119 Å². The Morgan fingerprint density at radius 3 is 2.86 bits per heavy atom. The van der Waals surface area contributed by atoms with Gasteiger partial charge in [0.15, 0.2) is 6.61 Å². The van der Waals surface area contributed by atoms with Gasteiger partial charge in [0.25, 0.3) is 12.3 Å². The number of ether oxygens (including phenoxy) is 1. The highest BCUT2D eigenvalue weighted by Gasteiger charge is 2.14. The lowest BCUT2D eigenvalue weighted by Gasteiger charge is -2.07. The molecule has 0 saturated carbocycles. The fraction of sp³-hybridized carbons (Fsp3) is 0.308. The van der Waals surface area contributed by atoms with Gasteiger partial charge in [-0.1, -0.05) is 6.07 Å². The Hall–Kier alpha value is -2.51. The first kappa shape index (κ1) is 14.9. The molecule has 0 aliphatic rings. The highest BCUT2D eigenvalue weighted by Crippen LogP contribution is 2.14. The molecule has 21 heavy (non-hydrogen) atoms. The molecule has 2 aromatic heterocycles. The Balaban J connectivity index is 2.07. The van der Waals surface area contributed by atoms with E-state index in [0.717, 1.165) is 0 Å². The van der Waals surface area contributed by atoms with Crippen molar-refractivity contribution in [2.75, 3.05) is 11.9 Å². The number of carbonyl (C=O) groups is 1. The molecule has 0 aliphatic heterocycles. The zero-order valence-corrected chi connectivity index (χ0v) is 11.5. The lowest BCUT2D eigenvalue weighted by atomic mass is 10.2. The number of alkyl halides is 2. The number of hydrogen-bond donors (Lipinski definition) is 1. The zero-order valence-electron chi connectivity index (χ0n) is 11.5. The van der Waals surface area contributed by atoms with Crippen molar-refractivity contribution in [2.24, 2.45) is 7.05 Å². The number of anilines is 1. The summed E-state index contributed by atoms with van der Waals surface area (Å²) in [5.41, 5.74) is 1.12. The molecule has 6 nitrogen and oxygen atoms in total. The van der Waals surface area contributed by atoms with Crippen LogP contribution in [0.2, 0.25) is 0 Å². The van der Waals surface area contributed by atoms with Gasteiger partial charge < -0.3 is 10.1 Å². The largest absolute Gasteiger partial charge is 0.472 e. The molecule has 112 valence electrons. The molecular formula is C13H14F2N4O2. The molecule has 2 heterocycles. The summed E-state index contributed by atoms with van der Waals surface area (Å²) in [6.07, 6.45) is -1.13. The maximum atomic E-state index is 12.1. The molecule has 2 rings (SSSR count). The van der Waals surface area contributed by atoms with Crippen molar-refractivity contribution in [1.82, 2.24) is 14.8 Å². The number of pyridine rings is 1. The van der Waals surface area contributed by atoms with Gasteiger partial charge in [-0.15, -0.1) is 0 Å². The van der Waals surface area contributed by atoms with Crippen molar-refractivity contribution in [2.45, 2.75) is 13.3 Å². The predicted molar refractivity (Wildman–Crippen MR) is 71.6 cm³/mol. The van der Waals surface area contributed by atoms with Gasteiger partial charge in [-0.3, -0.25) is 9.48 Å². The van der Waals surface area contributed by atoms with Gasteiger partial charge in [0.05, 0.1) is 11.8 Å². The number of nitrogens with one attached hydrogen (secondary N) is 1. The van der Waals surface area contributed by atoms with E-state index in [4.69, 9.17) is 4.74 Å². The number of amides is 1. The van der Waals surface area contributed by atoms with E-state index in [-0.39, 0.29) is 17.6 Å². The van der Waals surface area contributed by atoms with Crippen LogP contribution in [-0.4, -0.2) is 33.7 Å². The second-order valence-corrected chi connectivity index (χ2v) is 4.28. The summed E-state index contributed by atoms with van der Waals surface area (Å²) in [6, 6.07) is 4.53. The Morgan fingerprint density at radius 1 is 1.48 bits per heavy atom. The van der Waals surface area contributed by atoms with Gasteiger partial charge in [-0.25, -0.2) is 8.78 Å². The molecule has 0 spiro atoms. The molecule has 1 N–H and O–H groups in total. The van der Waals surface area contributed by atoms with E-state index in [2.05, 4.69) is 15.4 Å². The number of aromatic nitrogens is 3. The lowest BCUT2D eigenvalue weighted by molar-refractivity contribution is 0.0796. The Bertz CT molecular complexity index is 643. The van der Waals surface area contributed by atoms with Crippen LogP contribution in [0.4, 0.5) is 14.6 Å². The van der Waals surface area contributed by atoms with Crippen LogP contribution in [0.3, 0.4) is 0 Å². The summed E-state index contributed by atoms with van der Waals surface area (Å²) in [7, 11) is 1.73. The monoisotopic (exact) mass is 296 g/mol. The van der Waals surface area contributed by atoms with E-state index in [1.165, 1.54) is 12.3 Å². The van der Waals surface area contributed by atoms with Crippen molar-refractivity contribution < 1.29 is 18.3 Å². The number of nitrogens with zero attached hydrogens (tertiary/aromatic N) is 3. The van der Waals surface area contributed by atoms with Crippen molar-refractivity contribution in [3.05, 3.63) is 35.7 Å². The van der Waals surface area contributed by atoms with Crippen molar-refractivity contribution in [3.63, 3.8) is 0 Å². The van der Waals surface area contributed by atoms with Crippen molar-refractivity contribution in [3.8, 4) is 5.88 Å². The smallest absolute Gasteiger partial charge is 0.272 e. The average Bonchev–Trinajstić information content (AvgIpc) is 2.77. The van der Waals surface area contributed by atoms with Gasteiger partial charge in [0, 0.05) is 18.8 Å². The van der Waals surface area contributed by atoms with Gasteiger partial charge in [-0.2, -0.15) is 10.1 Å². The minimum Gasteiger partial charge on any atom is -0.472 e. The van der Waals surface area contributed by atoms with E-state index in [9.17, 15) is 13.6 Å². The molecule has 0 unspecified atom stereocenters. The van der Waals surface area contributed by atoms with Crippen LogP contribution in [-0.2, 0) is 7.05 Å². The summed E-state index contributed by atoms with van der Waals surface area (Å²) in [5.74, 6) is -0.134. The molecule has 2 aromatic rings. The first-order chi connectivity index (χ1) is 9.97. The van der Waals surface area contributed by atoms with Crippen LogP contribution in [0.15, 0.2) is 24.4 Å². The summed E-state index contributed by atoms with van der Waals surface area (Å²) >= 11 is 0. The first-order valence-corrected chi connectivity index (χ1v) is 6.15. The fourth-order valence-electron chi connectivity index (χ4n) is 1.62. The van der Waals surface area contributed by atoms with Gasteiger partial charge in [0.1, 0.15) is 5.82 Å². The Kier molecular flexibility index (Phi) is 4.46. The predicted octanol–water partition coefficient (Wildman–Crippen LogP) is 2.02. The van der Waals surface area contributed by atoms with Gasteiger partial charge in [-0.05, 0) is 13.0 Å².